The third-order valence-corrected chi connectivity index (χ3v) is 1.28. The van der Waals surface area contributed by atoms with E-state index in [2.05, 4.69) is 13.0 Å². The van der Waals surface area contributed by atoms with Crippen LogP contribution in [0.15, 0.2) is 12.3 Å². The van der Waals surface area contributed by atoms with Gasteiger partial charge in [0.2, 0.25) is 0 Å². The quantitative estimate of drug-likeness (QED) is 0.483. The molecule has 1 aliphatic heterocycles. The Kier molecular flexibility index (Phi) is 1.02. The Morgan fingerprint density at radius 3 is 2.57 bits per heavy atom. The fraction of sp³-hybridized carbons (Fsp3) is 0.600. The van der Waals surface area contributed by atoms with Gasteiger partial charge in [0, 0.05) is 6.20 Å². The molecule has 0 saturated carbocycles. The summed E-state index contributed by atoms with van der Waals surface area (Å²) in [6.07, 6.45) is 5.10. The zero-order chi connectivity index (χ0) is 5.28. The molecule has 2 nitrogen and oxygen atoms in total. The van der Waals surface area contributed by atoms with E-state index < -0.39 is 0 Å². The molecule has 0 bridgehead atoms. The number of hydrogen-bond donors (Lipinski definition) is 1. The maximum Gasteiger partial charge on any atom is 0.0640 e. The SMILES string of the molecule is CCC1C=CN1N. The smallest absolute Gasteiger partial charge is 0.0640 e. The summed E-state index contributed by atoms with van der Waals surface area (Å²) >= 11 is 0. The van der Waals surface area contributed by atoms with Crippen LogP contribution in [0.2, 0.25) is 0 Å². The van der Waals surface area contributed by atoms with Gasteiger partial charge in [0.05, 0.1) is 6.04 Å². The summed E-state index contributed by atoms with van der Waals surface area (Å²) in [7, 11) is 0. The van der Waals surface area contributed by atoms with Gasteiger partial charge in [-0.2, -0.15) is 0 Å². The summed E-state index contributed by atoms with van der Waals surface area (Å²) in [4.78, 5) is 0. The van der Waals surface area contributed by atoms with Crippen molar-refractivity contribution in [3.05, 3.63) is 12.3 Å². The largest absolute Gasteiger partial charge is 0.312 e. The van der Waals surface area contributed by atoms with E-state index in [1.54, 1.807) is 5.01 Å². The van der Waals surface area contributed by atoms with Crippen LogP contribution in [0.5, 0.6) is 0 Å². The van der Waals surface area contributed by atoms with Crippen LogP contribution in [0.1, 0.15) is 13.3 Å². The summed E-state index contributed by atoms with van der Waals surface area (Å²) in [6, 6.07) is 0.514. The molecule has 7 heavy (non-hydrogen) atoms. The predicted octanol–water partition coefficient (Wildman–Crippen LogP) is 0.468. The van der Waals surface area contributed by atoms with Gasteiger partial charge in [-0.1, -0.05) is 6.92 Å². The Balaban J connectivity index is 2.33. The van der Waals surface area contributed by atoms with Crippen molar-refractivity contribution in [3.8, 4) is 0 Å². The van der Waals surface area contributed by atoms with Crippen LogP contribution in [-0.4, -0.2) is 11.1 Å². The van der Waals surface area contributed by atoms with Crippen LogP contribution in [0, 0.1) is 0 Å². The molecule has 2 heteroatoms. The highest BCUT2D eigenvalue weighted by atomic mass is 15.4. The first-order chi connectivity index (χ1) is 3.34. The minimum atomic E-state index is 0.514. The van der Waals surface area contributed by atoms with E-state index in [0.29, 0.717) is 6.04 Å². The number of hydrazine groups is 1. The van der Waals surface area contributed by atoms with Crippen LogP contribution in [0.25, 0.3) is 0 Å². The summed E-state index contributed by atoms with van der Waals surface area (Å²) in [6.45, 7) is 2.12. The van der Waals surface area contributed by atoms with Gasteiger partial charge in [0.15, 0.2) is 0 Å². The highest BCUT2D eigenvalue weighted by molar-refractivity contribution is 5.03. The van der Waals surface area contributed by atoms with Crippen molar-refractivity contribution >= 4 is 0 Å². The van der Waals surface area contributed by atoms with Gasteiger partial charge >= 0.3 is 0 Å². The lowest BCUT2D eigenvalue weighted by atomic mass is 10.1. The topological polar surface area (TPSA) is 29.3 Å². The van der Waals surface area contributed by atoms with E-state index in [1.165, 1.54) is 0 Å². The van der Waals surface area contributed by atoms with Gasteiger partial charge in [-0.15, -0.1) is 0 Å². The molecule has 2 N–H and O–H groups in total. The molecule has 0 radical (unpaired) electrons. The molecule has 1 atom stereocenters. The molecule has 0 spiro atoms. The zero-order valence-corrected chi connectivity index (χ0v) is 4.46. The maximum atomic E-state index is 5.38. The van der Waals surface area contributed by atoms with Crippen LogP contribution in [-0.2, 0) is 0 Å². The van der Waals surface area contributed by atoms with Gasteiger partial charge in [0.25, 0.3) is 0 Å². The molecule has 0 saturated heterocycles. The van der Waals surface area contributed by atoms with Crippen molar-refractivity contribution in [2.75, 3.05) is 0 Å². The van der Waals surface area contributed by atoms with E-state index in [-0.39, 0.29) is 0 Å². The lowest BCUT2D eigenvalue weighted by Crippen LogP contribution is -2.41. The lowest BCUT2D eigenvalue weighted by molar-refractivity contribution is 0.279. The first-order valence-corrected chi connectivity index (χ1v) is 2.56. The van der Waals surface area contributed by atoms with Crippen molar-refractivity contribution in [2.45, 2.75) is 19.4 Å². The second kappa shape index (κ2) is 1.54. The third-order valence-electron chi connectivity index (χ3n) is 1.28. The first kappa shape index (κ1) is 4.65. The molecule has 1 unspecified atom stereocenters. The number of nitrogens with zero attached hydrogens (tertiary/aromatic N) is 1. The van der Waals surface area contributed by atoms with Crippen molar-refractivity contribution in [2.24, 2.45) is 5.84 Å². The number of rotatable bonds is 1. The number of nitrogens with two attached hydrogens (primary N) is 1. The Labute approximate surface area is 43.6 Å². The van der Waals surface area contributed by atoms with Crippen LogP contribution < -0.4 is 5.84 Å². The highest BCUT2D eigenvalue weighted by Gasteiger charge is 2.12. The summed E-state index contributed by atoms with van der Waals surface area (Å²) in [5, 5.41) is 1.72. The van der Waals surface area contributed by atoms with E-state index in [9.17, 15) is 0 Å². The summed E-state index contributed by atoms with van der Waals surface area (Å²) in [5.41, 5.74) is 0. The molecule has 40 valence electrons. The van der Waals surface area contributed by atoms with Gasteiger partial charge in [-0.3, -0.25) is 0 Å². The van der Waals surface area contributed by atoms with E-state index in [1.807, 2.05) is 6.20 Å². The van der Waals surface area contributed by atoms with Crippen molar-refractivity contribution in [3.63, 3.8) is 0 Å². The van der Waals surface area contributed by atoms with Gasteiger partial charge in [-0.05, 0) is 12.5 Å². The Morgan fingerprint density at radius 2 is 2.57 bits per heavy atom. The Bertz CT molecular complexity index is 88.1. The number of hydrogen-bond acceptors (Lipinski definition) is 2. The molecule has 0 aromatic rings. The van der Waals surface area contributed by atoms with Crippen LogP contribution in [0.3, 0.4) is 0 Å². The predicted molar refractivity (Wildman–Crippen MR) is 29.2 cm³/mol. The van der Waals surface area contributed by atoms with Gasteiger partial charge in [0.1, 0.15) is 0 Å². The second-order valence-corrected chi connectivity index (χ2v) is 1.76. The van der Waals surface area contributed by atoms with Crippen LogP contribution in [0.4, 0.5) is 0 Å². The Hall–Kier alpha value is -0.500. The molecule has 0 aromatic heterocycles. The lowest BCUT2D eigenvalue weighted by Gasteiger charge is -2.29. The van der Waals surface area contributed by atoms with Gasteiger partial charge < -0.3 is 5.01 Å². The van der Waals surface area contributed by atoms with E-state index >= 15 is 0 Å². The first-order valence-electron chi connectivity index (χ1n) is 2.56. The minimum absolute atomic E-state index is 0.514. The molecule has 1 rings (SSSR count). The van der Waals surface area contributed by atoms with Crippen molar-refractivity contribution < 1.29 is 0 Å². The molecular weight excluding hydrogens is 88.1 g/mol. The van der Waals surface area contributed by atoms with Crippen LogP contribution >= 0.6 is 0 Å². The maximum absolute atomic E-state index is 5.38. The molecule has 0 fully saturated rings. The molecule has 1 aliphatic rings. The molecule has 0 amide bonds. The fourth-order valence-electron chi connectivity index (χ4n) is 0.654. The third kappa shape index (κ3) is 0.611. The monoisotopic (exact) mass is 98.1 g/mol. The fourth-order valence-corrected chi connectivity index (χ4v) is 0.654. The molecule has 0 aromatic carbocycles. The average Bonchev–Trinajstić information content (AvgIpc) is 1.65. The van der Waals surface area contributed by atoms with Crippen molar-refractivity contribution in [1.29, 1.82) is 0 Å². The second-order valence-electron chi connectivity index (χ2n) is 1.76. The van der Waals surface area contributed by atoms with E-state index in [0.717, 1.165) is 6.42 Å². The zero-order valence-electron chi connectivity index (χ0n) is 4.46. The Morgan fingerprint density at radius 1 is 1.86 bits per heavy atom. The van der Waals surface area contributed by atoms with Crippen molar-refractivity contribution in [1.82, 2.24) is 5.01 Å². The molecular formula is C5H10N2. The standard InChI is InChI=1S/C5H10N2/c1-2-5-3-4-7(5)6/h3-5H,2,6H2,1H3. The van der Waals surface area contributed by atoms with Gasteiger partial charge in [-0.25, -0.2) is 5.84 Å². The highest BCUT2D eigenvalue weighted by Crippen LogP contribution is 2.09. The molecule has 0 aliphatic carbocycles. The molecule has 1 heterocycles. The summed E-state index contributed by atoms with van der Waals surface area (Å²) in [5.74, 6) is 5.38. The minimum Gasteiger partial charge on any atom is -0.312 e. The average molecular weight is 98.1 g/mol. The van der Waals surface area contributed by atoms with E-state index in [4.69, 9.17) is 5.84 Å². The normalized spacial score (nSPS) is 27.7. The summed E-state index contributed by atoms with van der Waals surface area (Å²) < 4.78 is 0.